The molecule has 1 nitrogen and oxygen atoms in total. The van der Waals surface area contributed by atoms with E-state index in [4.69, 9.17) is 4.43 Å². The normalized spacial score (nSPS) is 10.0. The molecule has 0 saturated carbocycles. The van der Waals surface area contributed by atoms with E-state index in [0.717, 1.165) is 6.61 Å². The molecule has 0 unspecified atom stereocenters. The van der Waals surface area contributed by atoms with Crippen molar-refractivity contribution in [3.8, 4) is 0 Å². The maximum Gasteiger partial charge on any atom is 0.228 e. The molecule has 0 N–H and O–H groups in total. The molecule has 1 aromatic rings. The van der Waals surface area contributed by atoms with E-state index in [1.54, 1.807) is 0 Å². The van der Waals surface area contributed by atoms with Crippen molar-refractivity contribution in [2.45, 2.75) is 13.8 Å². The Hall–Kier alpha value is -0.603. The van der Waals surface area contributed by atoms with Gasteiger partial charge in [0.2, 0.25) is 9.76 Å². The first kappa shape index (κ1) is 8.49. The van der Waals surface area contributed by atoms with Gasteiger partial charge in [0.1, 0.15) is 0 Å². The molecular formula is C9H13OSi. The van der Waals surface area contributed by atoms with Gasteiger partial charge in [0.05, 0.1) is 0 Å². The lowest BCUT2D eigenvalue weighted by Crippen LogP contribution is -2.19. The van der Waals surface area contributed by atoms with E-state index in [9.17, 15) is 0 Å². The minimum Gasteiger partial charge on any atom is -0.415 e. The minimum absolute atomic E-state index is 0.0315. The fourth-order valence-corrected chi connectivity index (χ4v) is 1.71. The molecule has 0 aliphatic carbocycles. The van der Waals surface area contributed by atoms with E-state index in [2.05, 4.69) is 31.2 Å². The van der Waals surface area contributed by atoms with Gasteiger partial charge in [0.15, 0.2) is 0 Å². The molecular weight excluding hydrogens is 152 g/mol. The molecule has 0 heterocycles. The second-order valence-electron chi connectivity index (χ2n) is 2.43. The van der Waals surface area contributed by atoms with Gasteiger partial charge in [-0.15, -0.1) is 0 Å². The zero-order chi connectivity index (χ0) is 8.10. The maximum atomic E-state index is 5.38. The molecule has 0 aliphatic rings. The molecule has 1 aromatic carbocycles. The summed E-state index contributed by atoms with van der Waals surface area (Å²) in [7, 11) is 0.0315. The Balaban J connectivity index is 2.62. The first-order valence-electron chi connectivity index (χ1n) is 3.85. The van der Waals surface area contributed by atoms with Crippen molar-refractivity contribution < 1.29 is 4.43 Å². The predicted molar refractivity (Wildman–Crippen MR) is 49.6 cm³/mol. The summed E-state index contributed by atoms with van der Waals surface area (Å²) in [6.45, 7) is 4.98. The zero-order valence-electron chi connectivity index (χ0n) is 7.00. The highest BCUT2D eigenvalue weighted by molar-refractivity contribution is 6.47. The van der Waals surface area contributed by atoms with Crippen LogP contribution in [0.2, 0.25) is 0 Å². The van der Waals surface area contributed by atoms with E-state index in [0.29, 0.717) is 0 Å². The second-order valence-corrected chi connectivity index (χ2v) is 3.62. The van der Waals surface area contributed by atoms with Crippen LogP contribution in [0, 0.1) is 6.92 Å². The number of aryl methyl sites for hydroxylation is 1. The summed E-state index contributed by atoms with van der Waals surface area (Å²) >= 11 is 0. The topological polar surface area (TPSA) is 9.23 Å². The van der Waals surface area contributed by atoms with Crippen LogP contribution in [0.5, 0.6) is 0 Å². The Morgan fingerprint density at radius 1 is 1.36 bits per heavy atom. The van der Waals surface area contributed by atoms with Crippen molar-refractivity contribution in [2.75, 3.05) is 6.61 Å². The van der Waals surface area contributed by atoms with Crippen LogP contribution in [-0.4, -0.2) is 16.4 Å². The van der Waals surface area contributed by atoms with Crippen LogP contribution < -0.4 is 5.19 Å². The molecule has 0 fully saturated rings. The Morgan fingerprint density at radius 3 is 2.73 bits per heavy atom. The van der Waals surface area contributed by atoms with E-state index in [1.165, 1.54) is 10.8 Å². The van der Waals surface area contributed by atoms with Crippen LogP contribution in [0.3, 0.4) is 0 Å². The van der Waals surface area contributed by atoms with Crippen molar-refractivity contribution in [3.05, 3.63) is 29.8 Å². The first-order valence-corrected chi connectivity index (χ1v) is 4.90. The van der Waals surface area contributed by atoms with Crippen LogP contribution in [0.15, 0.2) is 24.3 Å². The van der Waals surface area contributed by atoms with Crippen LogP contribution in [0.25, 0.3) is 0 Å². The highest BCUT2D eigenvalue weighted by Crippen LogP contribution is 1.91. The largest absolute Gasteiger partial charge is 0.415 e. The van der Waals surface area contributed by atoms with Crippen LogP contribution >= 0.6 is 0 Å². The quantitative estimate of drug-likeness (QED) is 0.607. The highest BCUT2D eigenvalue weighted by atomic mass is 28.2. The Labute approximate surface area is 70.3 Å². The van der Waals surface area contributed by atoms with Gasteiger partial charge in [-0.2, -0.15) is 0 Å². The highest BCUT2D eigenvalue weighted by Gasteiger charge is 1.96. The second kappa shape index (κ2) is 4.31. The number of benzene rings is 1. The molecule has 0 spiro atoms. The zero-order valence-corrected chi connectivity index (χ0v) is 8.16. The first-order chi connectivity index (χ1) is 5.34. The summed E-state index contributed by atoms with van der Waals surface area (Å²) in [4.78, 5) is 0. The minimum atomic E-state index is 0.0315. The average Bonchev–Trinajstić information content (AvgIpc) is 2.03. The van der Waals surface area contributed by atoms with Crippen LogP contribution in [0.4, 0.5) is 0 Å². The third kappa shape index (κ3) is 2.48. The van der Waals surface area contributed by atoms with Gasteiger partial charge < -0.3 is 4.43 Å². The molecule has 1 radical (unpaired) electrons. The number of rotatable bonds is 3. The summed E-state index contributed by atoms with van der Waals surface area (Å²) < 4.78 is 5.38. The third-order valence-corrected chi connectivity index (χ3v) is 2.97. The molecule has 59 valence electrons. The fraction of sp³-hybridized carbons (Fsp3) is 0.333. The molecule has 0 aliphatic heterocycles. The number of hydrogen-bond donors (Lipinski definition) is 0. The lowest BCUT2D eigenvalue weighted by Gasteiger charge is -2.02. The lowest BCUT2D eigenvalue weighted by atomic mass is 10.2. The standard InChI is InChI=1S/C9H13OSi/c1-3-10-11-9-7-5-4-6-8(9)2/h4-7,11H,3H2,1-2H3. The Kier molecular flexibility index (Phi) is 3.33. The van der Waals surface area contributed by atoms with E-state index in [-0.39, 0.29) is 9.76 Å². The predicted octanol–water partition coefficient (Wildman–Crippen LogP) is 1.01. The molecule has 0 atom stereocenters. The van der Waals surface area contributed by atoms with Gasteiger partial charge in [-0.3, -0.25) is 0 Å². The van der Waals surface area contributed by atoms with Crippen molar-refractivity contribution >= 4 is 14.9 Å². The van der Waals surface area contributed by atoms with Crippen molar-refractivity contribution in [2.24, 2.45) is 0 Å². The van der Waals surface area contributed by atoms with Gasteiger partial charge in [0.25, 0.3) is 0 Å². The summed E-state index contributed by atoms with van der Waals surface area (Å²) in [5, 5.41) is 1.37. The summed E-state index contributed by atoms with van der Waals surface area (Å²) in [6, 6.07) is 8.39. The van der Waals surface area contributed by atoms with Crippen molar-refractivity contribution in [1.29, 1.82) is 0 Å². The number of hydrogen-bond acceptors (Lipinski definition) is 1. The summed E-state index contributed by atoms with van der Waals surface area (Å²) in [6.07, 6.45) is 0. The Bertz CT molecular complexity index is 223. The molecule has 11 heavy (non-hydrogen) atoms. The van der Waals surface area contributed by atoms with Crippen molar-refractivity contribution in [3.63, 3.8) is 0 Å². The molecule has 0 aromatic heterocycles. The van der Waals surface area contributed by atoms with Gasteiger partial charge >= 0.3 is 0 Å². The molecule has 1 rings (SSSR count). The molecule has 0 amide bonds. The van der Waals surface area contributed by atoms with Gasteiger partial charge in [-0.1, -0.05) is 24.3 Å². The SMILES string of the molecule is CCO[SiH]c1ccccc1C. The van der Waals surface area contributed by atoms with Crippen LogP contribution in [-0.2, 0) is 4.43 Å². The molecule has 0 bridgehead atoms. The lowest BCUT2D eigenvalue weighted by molar-refractivity contribution is 0.367. The fourth-order valence-electron chi connectivity index (χ4n) is 0.892. The van der Waals surface area contributed by atoms with E-state index >= 15 is 0 Å². The average molecular weight is 165 g/mol. The van der Waals surface area contributed by atoms with Gasteiger partial charge in [-0.25, -0.2) is 0 Å². The smallest absolute Gasteiger partial charge is 0.228 e. The Morgan fingerprint density at radius 2 is 2.09 bits per heavy atom. The maximum absolute atomic E-state index is 5.38. The van der Waals surface area contributed by atoms with E-state index < -0.39 is 0 Å². The summed E-state index contributed by atoms with van der Waals surface area (Å²) in [5.74, 6) is 0. The monoisotopic (exact) mass is 165 g/mol. The van der Waals surface area contributed by atoms with Crippen LogP contribution in [0.1, 0.15) is 12.5 Å². The van der Waals surface area contributed by atoms with E-state index in [1.807, 2.05) is 6.92 Å². The summed E-state index contributed by atoms with van der Waals surface area (Å²) in [5.41, 5.74) is 1.34. The van der Waals surface area contributed by atoms with Gasteiger partial charge in [-0.05, 0) is 24.6 Å². The molecule has 0 saturated heterocycles. The molecule has 2 heteroatoms. The van der Waals surface area contributed by atoms with Gasteiger partial charge in [0, 0.05) is 6.61 Å². The van der Waals surface area contributed by atoms with Crippen molar-refractivity contribution in [1.82, 2.24) is 0 Å². The third-order valence-electron chi connectivity index (χ3n) is 1.57.